The zero-order valence-electron chi connectivity index (χ0n) is 13.7. The summed E-state index contributed by atoms with van der Waals surface area (Å²) in [5.74, 6) is -0.234. The highest BCUT2D eigenvalue weighted by Gasteiger charge is 2.23. The Bertz CT molecular complexity index is 652. The van der Waals surface area contributed by atoms with Gasteiger partial charge in [-0.25, -0.2) is 8.42 Å². The van der Waals surface area contributed by atoms with Gasteiger partial charge in [-0.05, 0) is 25.0 Å². The normalized spacial score (nSPS) is 16.3. The van der Waals surface area contributed by atoms with Crippen molar-refractivity contribution in [3.63, 3.8) is 0 Å². The Morgan fingerprint density at radius 2 is 1.96 bits per heavy atom. The lowest BCUT2D eigenvalue weighted by Crippen LogP contribution is -2.43. The Kier molecular flexibility index (Phi) is 6.15. The van der Waals surface area contributed by atoms with E-state index < -0.39 is 10.0 Å². The third-order valence-corrected chi connectivity index (χ3v) is 5.77. The molecule has 1 heterocycles. The van der Waals surface area contributed by atoms with Gasteiger partial charge in [0.25, 0.3) is 0 Å². The zero-order valence-corrected chi connectivity index (χ0v) is 14.5. The van der Waals surface area contributed by atoms with Gasteiger partial charge in [0.2, 0.25) is 15.9 Å². The van der Waals surface area contributed by atoms with Crippen LogP contribution in [0.1, 0.15) is 16.7 Å². The fourth-order valence-corrected chi connectivity index (χ4v) is 3.82. The fraction of sp³-hybridized carbons (Fsp3) is 0.562. The van der Waals surface area contributed by atoms with Crippen molar-refractivity contribution < 1.29 is 17.9 Å². The molecule has 0 unspecified atom stereocenters. The largest absolute Gasteiger partial charge is 0.379 e. The molecule has 23 heavy (non-hydrogen) atoms. The van der Waals surface area contributed by atoms with Crippen LogP contribution in [0, 0.1) is 13.8 Å². The highest BCUT2D eigenvalue weighted by atomic mass is 32.2. The first-order chi connectivity index (χ1) is 10.9. The summed E-state index contributed by atoms with van der Waals surface area (Å²) in [6, 6.07) is 5.98. The van der Waals surface area contributed by atoms with Crippen LogP contribution < -0.4 is 5.32 Å². The third kappa shape index (κ3) is 5.30. The van der Waals surface area contributed by atoms with Gasteiger partial charge in [0.1, 0.15) is 0 Å². The molecule has 0 aromatic heterocycles. The third-order valence-electron chi connectivity index (χ3n) is 3.90. The van der Waals surface area contributed by atoms with Gasteiger partial charge in [0.15, 0.2) is 0 Å². The van der Waals surface area contributed by atoms with E-state index in [9.17, 15) is 13.2 Å². The van der Waals surface area contributed by atoms with Crippen molar-refractivity contribution in [2.24, 2.45) is 0 Å². The van der Waals surface area contributed by atoms with Crippen LogP contribution in [-0.4, -0.2) is 57.2 Å². The number of ether oxygens (including phenoxy) is 1. The van der Waals surface area contributed by atoms with Crippen molar-refractivity contribution in [3.8, 4) is 0 Å². The van der Waals surface area contributed by atoms with Crippen LogP contribution in [0.4, 0.5) is 0 Å². The van der Waals surface area contributed by atoms with Gasteiger partial charge < -0.3 is 10.1 Å². The molecule has 7 heteroatoms. The molecular weight excluding hydrogens is 316 g/mol. The maximum atomic E-state index is 12.1. The van der Waals surface area contributed by atoms with Gasteiger partial charge in [0, 0.05) is 19.6 Å². The fourth-order valence-electron chi connectivity index (χ4n) is 2.50. The molecule has 0 bridgehead atoms. The average Bonchev–Trinajstić information content (AvgIpc) is 2.51. The number of hydrogen-bond donors (Lipinski definition) is 1. The molecule has 128 valence electrons. The lowest BCUT2D eigenvalue weighted by atomic mass is 10.0. The van der Waals surface area contributed by atoms with Crippen LogP contribution >= 0.6 is 0 Å². The van der Waals surface area contributed by atoms with E-state index in [2.05, 4.69) is 5.32 Å². The Morgan fingerprint density at radius 1 is 1.26 bits per heavy atom. The summed E-state index contributed by atoms with van der Waals surface area (Å²) >= 11 is 0. The predicted octanol–water partition coefficient (Wildman–Crippen LogP) is 0.624. The number of carbonyl (C=O) groups is 1. The quantitative estimate of drug-likeness (QED) is 0.824. The summed E-state index contributed by atoms with van der Waals surface area (Å²) in [5, 5.41) is 2.70. The maximum absolute atomic E-state index is 12.1. The number of benzene rings is 1. The number of rotatable bonds is 6. The molecule has 2 rings (SSSR count). The molecular formula is C16H24N2O4S. The van der Waals surface area contributed by atoms with E-state index in [-0.39, 0.29) is 24.6 Å². The lowest BCUT2D eigenvalue weighted by molar-refractivity contribution is -0.120. The molecule has 0 aliphatic carbocycles. The van der Waals surface area contributed by atoms with Gasteiger partial charge in [-0.15, -0.1) is 0 Å². The van der Waals surface area contributed by atoms with Crippen LogP contribution in [0.15, 0.2) is 18.2 Å². The first-order valence-corrected chi connectivity index (χ1v) is 9.38. The molecule has 1 N–H and O–H groups in total. The maximum Gasteiger partial charge on any atom is 0.224 e. The molecule has 0 radical (unpaired) electrons. The standard InChI is InChI=1S/C16H24N2O4S/c1-13-3-4-14(2)15(11-13)12-16(19)17-5-10-23(20,21)18-6-8-22-9-7-18/h3-4,11H,5-10,12H2,1-2H3,(H,17,19). The highest BCUT2D eigenvalue weighted by Crippen LogP contribution is 2.11. The van der Waals surface area contributed by atoms with E-state index in [4.69, 9.17) is 4.74 Å². The average molecular weight is 340 g/mol. The number of morpholine rings is 1. The lowest BCUT2D eigenvalue weighted by Gasteiger charge is -2.26. The molecule has 0 saturated carbocycles. The molecule has 6 nitrogen and oxygen atoms in total. The molecule has 0 atom stereocenters. The first kappa shape index (κ1) is 17.9. The minimum atomic E-state index is -3.33. The van der Waals surface area contributed by atoms with Crippen molar-refractivity contribution in [3.05, 3.63) is 34.9 Å². The van der Waals surface area contributed by atoms with Crippen molar-refractivity contribution >= 4 is 15.9 Å². The van der Waals surface area contributed by atoms with Crippen LogP contribution in [0.5, 0.6) is 0 Å². The Labute approximate surface area is 137 Å². The second kappa shape index (κ2) is 7.90. The number of nitrogens with zero attached hydrogens (tertiary/aromatic N) is 1. The number of aryl methyl sites for hydroxylation is 2. The molecule has 0 spiro atoms. The summed E-state index contributed by atoms with van der Waals surface area (Å²) in [6.45, 7) is 5.71. The van der Waals surface area contributed by atoms with E-state index in [1.165, 1.54) is 4.31 Å². The van der Waals surface area contributed by atoms with Crippen LogP contribution in [0.3, 0.4) is 0 Å². The van der Waals surface area contributed by atoms with Gasteiger partial charge in [-0.2, -0.15) is 4.31 Å². The Morgan fingerprint density at radius 3 is 2.65 bits per heavy atom. The SMILES string of the molecule is Cc1ccc(C)c(CC(=O)NCCS(=O)(=O)N2CCOCC2)c1. The Balaban J connectivity index is 1.81. The minimum absolute atomic E-state index is 0.0778. The summed E-state index contributed by atoms with van der Waals surface area (Å²) in [6.07, 6.45) is 0.269. The summed E-state index contributed by atoms with van der Waals surface area (Å²) < 4.78 is 30.9. The molecule has 1 aromatic rings. The zero-order chi connectivity index (χ0) is 16.9. The number of hydrogen-bond acceptors (Lipinski definition) is 4. The van der Waals surface area contributed by atoms with Gasteiger partial charge in [-0.3, -0.25) is 4.79 Å². The number of sulfonamides is 1. The van der Waals surface area contributed by atoms with E-state index in [1.807, 2.05) is 32.0 Å². The summed E-state index contributed by atoms with van der Waals surface area (Å²) in [7, 11) is -3.33. The van der Waals surface area contributed by atoms with Crippen LogP contribution in [0.2, 0.25) is 0 Å². The van der Waals surface area contributed by atoms with Gasteiger partial charge in [-0.1, -0.05) is 23.8 Å². The van der Waals surface area contributed by atoms with Gasteiger partial charge in [0.05, 0.1) is 25.4 Å². The van der Waals surface area contributed by atoms with Crippen molar-refractivity contribution in [1.82, 2.24) is 9.62 Å². The van der Waals surface area contributed by atoms with E-state index >= 15 is 0 Å². The Hall–Kier alpha value is -1.44. The molecule has 1 saturated heterocycles. The molecule has 1 aliphatic rings. The smallest absolute Gasteiger partial charge is 0.224 e. The van der Waals surface area contributed by atoms with E-state index in [1.54, 1.807) is 0 Å². The molecule has 1 aromatic carbocycles. The minimum Gasteiger partial charge on any atom is -0.379 e. The molecule has 1 amide bonds. The summed E-state index contributed by atoms with van der Waals surface area (Å²) in [5.41, 5.74) is 3.14. The van der Waals surface area contributed by atoms with Gasteiger partial charge >= 0.3 is 0 Å². The molecule has 1 aliphatic heterocycles. The first-order valence-electron chi connectivity index (χ1n) is 7.77. The van der Waals surface area contributed by atoms with Crippen molar-refractivity contribution in [2.75, 3.05) is 38.6 Å². The van der Waals surface area contributed by atoms with E-state index in [0.29, 0.717) is 26.3 Å². The van der Waals surface area contributed by atoms with E-state index in [0.717, 1.165) is 16.7 Å². The van der Waals surface area contributed by atoms with Crippen LogP contribution in [-0.2, 0) is 26.0 Å². The number of nitrogens with one attached hydrogen (secondary N) is 1. The second-order valence-corrected chi connectivity index (χ2v) is 7.87. The summed E-state index contributed by atoms with van der Waals surface area (Å²) in [4.78, 5) is 12.0. The highest BCUT2D eigenvalue weighted by molar-refractivity contribution is 7.89. The monoisotopic (exact) mass is 340 g/mol. The number of amides is 1. The second-order valence-electron chi connectivity index (χ2n) is 5.78. The van der Waals surface area contributed by atoms with Crippen molar-refractivity contribution in [1.29, 1.82) is 0 Å². The van der Waals surface area contributed by atoms with Crippen molar-refractivity contribution in [2.45, 2.75) is 20.3 Å². The number of carbonyl (C=O) groups excluding carboxylic acids is 1. The molecule has 1 fully saturated rings. The topological polar surface area (TPSA) is 75.7 Å². The van der Waals surface area contributed by atoms with Crippen LogP contribution in [0.25, 0.3) is 0 Å². The predicted molar refractivity (Wildman–Crippen MR) is 88.8 cm³/mol.